The predicted octanol–water partition coefficient (Wildman–Crippen LogP) is 1.19. The van der Waals surface area contributed by atoms with E-state index in [1.165, 1.54) is 4.90 Å². The van der Waals surface area contributed by atoms with Gasteiger partial charge in [-0.15, -0.1) is 0 Å². The molecule has 1 fully saturated rings. The van der Waals surface area contributed by atoms with Crippen LogP contribution in [0.25, 0.3) is 0 Å². The monoisotopic (exact) mass is 286 g/mol. The lowest BCUT2D eigenvalue weighted by Gasteiger charge is -2.30. The summed E-state index contributed by atoms with van der Waals surface area (Å²) in [6, 6.07) is 6.95. The van der Waals surface area contributed by atoms with Crippen molar-refractivity contribution in [3.05, 3.63) is 35.4 Å². The van der Waals surface area contributed by atoms with Crippen molar-refractivity contribution in [3.8, 4) is 0 Å². The molecular weight excluding hydrogens is 268 g/mol. The quantitative estimate of drug-likeness (QED) is 0.616. The second kappa shape index (κ2) is 5.77. The molecule has 0 radical (unpaired) electrons. The van der Waals surface area contributed by atoms with E-state index in [2.05, 4.69) is 4.90 Å². The zero-order valence-electron chi connectivity index (χ0n) is 11.8. The van der Waals surface area contributed by atoms with E-state index < -0.39 is 0 Å². The van der Waals surface area contributed by atoms with E-state index in [1.54, 1.807) is 24.3 Å². The van der Waals surface area contributed by atoms with Gasteiger partial charge in [0.2, 0.25) is 0 Å². The van der Waals surface area contributed by atoms with Crippen LogP contribution in [0, 0.1) is 5.92 Å². The minimum atomic E-state index is -0.196. The Morgan fingerprint density at radius 3 is 2.10 bits per heavy atom. The third-order valence-electron chi connectivity index (χ3n) is 4.34. The van der Waals surface area contributed by atoms with E-state index in [-0.39, 0.29) is 17.7 Å². The number of likely N-dealkylation sites (tertiary alicyclic amines) is 1. The van der Waals surface area contributed by atoms with Crippen molar-refractivity contribution in [3.63, 3.8) is 0 Å². The van der Waals surface area contributed by atoms with Gasteiger partial charge in [-0.1, -0.05) is 12.1 Å². The van der Waals surface area contributed by atoms with Crippen LogP contribution in [0.5, 0.6) is 0 Å². The molecule has 0 bridgehead atoms. The standard InChI is InChI=1S/C16H18N2O3/c19-11-12-5-7-17(8-6-12)9-10-18-15(20)13-3-1-2-4-14(13)16(18)21/h1-4,11-12H,5-10H2. The average Bonchev–Trinajstić information content (AvgIpc) is 2.78. The normalized spacial score (nSPS) is 19.9. The highest BCUT2D eigenvalue weighted by atomic mass is 16.2. The number of carbonyl (C=O) groups excluding carboxylic acids is 3. The Balaban J connectivity index is 1.59. The number of hydrogen-bond donors (Lipinski definition) is 0. The number of rotatable bonds is 4. The Morgan fingerprint density at radius 1 is 1.00 bits per heavy atom. The first kappa shape index (κ1) is 13.9. The largest absolute Gasteiger partial charge is 0.303 e. The van der Waals surface area contributed by atoms with Gasteiger partial charge < -0.3 is 9.69 Å². The molecule has 0 N–H and O–H groups in total. The molecule has 0 aliphatic carbocycles. The van der Waals surface area contributed by atoms with Crippen LogP contribution in [0.2, 0.25) is 0 Å². The lowest BCUT2D eigenvalue weighted by Crippen LogP contribution is -2.41. The van der Waals surface area contributed by atoms with Crippen LogP contribution < -0.4 is 0 Å². The smallest absolute Gasteiger partial charge is 0.261 e. The number of hydrogen-bond acceptors (Lipinski definition) is 4. The maximum absolute atomic E-state index is 12.2. The zero-order chi connectivity index (χ0) is 14.8. The van der Waals surface area contributed by atoms with E-state index in [9.17, 15) is 14.4 Å². The minimum absolute atomic E-state index is 0.167. The molecule has 1 saturated heterocycles. The van der Waals surface area contributed by atoms with Gasteiger partial charge >= 0.3 is 0 Å². The van der Waals surface area contributed by atoms with Crippen molar-refractivity contribution >= 4 is 18.1 Å². The van der Waals surface area contributed by atoms with E-state index in [0.29, 0.717) is 24.2 Å². The van der Waals surface area contributed by atoms with Crippen molar-refractivity contribution in [2.75, 3.05) is 26.2 Å². The summed E-state index contributed by atoms with van der Waals surface area (Å²) in [5.41, 5.74) is 1.00. The number of nitrogens with zero attached hydrogens (tertiary/aromatic N) is 2. The van der Waals surface area contributed by atoms with Crippen molar-refractivity contribution in [2.45, 2.75) is 12.8 Å². The third kappa shape index (κ3) is 2.61. The Hall–Kier alpha value is -2.01. The van der Waals surface area contributed by atoms with Crippen LogP contribution in [0.4, 0.5) is 0 Å². The van der Waals surface area contributed by atoms with Gasteiger partial charge in [0.1, 0.15) is 6.29 Å². The Kier molecular flexibility index (Phi) is 3.84. The SMILES string of the molecule is O=CC1CCN(CCN2C(=O)c3ccccc3C2=O)CC1. The molecule has 0 unspecified atom stereocenters. The van der Waals surface area contributed by atoms with Gasteiger partial charge in [-0.05, 0) is 38.1 Å². The Morgan fingerprint density at radius 2 is 1.57 bits per heavy atom. The lowest BCUT2D eigenvalue weighted by atomic mass is 9.99. The van der Waals surface area contributed by atoms with Crippen molar-refractivity contribution in [1.29, 1.82) is 0 Å². The molecule has 110 valence electrons. The molecule has 2 aliphatic rings. The third-order valence-corrected chi connectivity index (χ3v) is 4.34. The first-order valence-corrected chi connectivity index (χ1v) is 7.33. The summed E-state index contributed by atoms with van der Waals surface area (Å²) in [5.74, 6) is -0.225. The topological polar surface area (TPSA) is 57.7 Å². The van der Waals surface area contributed by atoms with E-state index in [1.807, 2.05) is 0 Å². The van der Waals surface area contributed by atoms with Crippen molar-refractivity contribution in [1.82, 2.24) is 9.80 Å². The molecule has 0 spiro atoms. The summed E-state index contributed by atoms with van der Waals surface area (Å²) in [6.07, 6.45) is 2.76. The van der Waals surface area contributed by atoms with Crippen LogP contribution in [0.3, 0.4) is 0 Å². The second-order valence-corrected chi connectivity index (χ2v) is 5.62. The highest BCUT2D eigenvalue weighted by molar-refractivity contribution is 6.21. The molecule has 3 rings (SSSR count). The molecule has 0 aromatic heterocycles. The summed E-state index contributed by atoms with van der Waals surface area (Å²) in [7, 11) is 0. The maximum Gasteiger partial charge on any atom is 0.261 e. The number of imide groups is 1. The minimum Gasteiger partial charge on any atom is -0.303 e. The number of amides is 2. The summed E-state index contributed by atoms with van der Waals surface area (Å²) < 4.78 is 0. The van der Waals surface area contributed by atoms with Gasteiger partial charge in [0.25, 0.3) is 11.8 Å². The Labute approximate surface area is 123 Å². The van der Waals surface area contributed by atoms with Gasteiger partial charge in [0, 0.05) is 19.0 Å². The van der Waals surface area contributed by atoms with Crippen LogP contribution in [0.15, 0.2) is 24.3 Å². The number of benzene rings is 1. The molecule has 1 aromatic rings. The van der Waals surface area contributed by atoms with Crippen LogP contribution in [-0.2, 0) is 4.79 Å². The van der Waals surface area contributed by atoms with Gasteiger partial charge in [0.15, 0.2) is 0 Å². The molecule has 5 heteroatoms. The van der Waals surface area contributed by atoms with Crippen molar-refractivity contribution < 1.29 is 14.4 Å². The Bertz CT molecular complexity index is 542. The summed E-state index contributed by atoms with van der Waals surface area (Å²) in [6.45, 7) is 2.80. The first-order valence-electron chi connectivity index (χ1n) is 7.33. The zero-order valence-corrected chi connectivity index (χ0v) is 11.8. The molecule has 5 nitrogen and oxygen atoms in total. The molecule has 0 atom stereocenters. The lowest BCUT2D eigenvalue weighted by molar-refractivity contribution is -0.112. The van der Waals surface area contributed by atoms with Crippen LogP contribution in [-0.4, -0.2) is 54.1 Å². The summed E-state index contributed by atoms with van der Waals surface area (Å²) >= 11 is 0. The summed E-state index contributed by atoms with van der Waals surface area (Å²) in [5, 5.41) is 0. The maximum atomic E-state index is 12.2. The van der Waals surface area contributed by atoms with E-state index >= 15 is 0 Å². The first-order chi connectivity index (χ1) is 10.2. The van der Waals surface area contributed by atoms with Crippen LogP contribution in [0.1, 0.15) is 33.6 Å². The second-order valence-electron chi connectivity index (χ2n) is 5.62. The number of piperidine rings is 1. The molecule has 2 heterocycles. The molecule has 2 aliphatic heterocycles. The molecular formula is C16H18N2O3. The number of carbonyl (C=O) groups is 3. The molecule has 1 aromatic carbocycles. The van der Waals surface area contributed by atoms with Crippen molar-refractivity contribution in [2.24, 2.45) is 5.92 Å². The van der Waals surface area contributed by atoms with E-state index in [4.69, 9.17) is 0 Å². The fraction of sp³-hybridized carbons (Fsp3) is 0.438. The van der Waals surface area contributed by atoms with Gasteiger partial charge in [-0.2, -0.15) is 0 Å². The number of fused-ring (bicyclic) bond motifs is 1. The highest BCUT2D eigenvalue weighted by Crippen LogP contribution is 2.22. The molecule has 21 heavy (non-hydrogen) atoms. The number of aldehydes is 1. The van der Waals surface area contributed by atoms with Gasteiger partial charge in [-0.3, -0.25) is 14.5 Å². The van der Waals surface area contributed by atoms with Gasteiger partial charge in [-0.25, -0.2) is 0 Å². The summed E-state index contributed by atoms with van der Waals surface area (Å²) in [4.78, 5) is 38.7. The average molecular weight is 286 g/mol. The molecule has 2 amide bonds. The van der Waals surface area contributed by atoms with Crippen LogP contribution >= 0.6 is 0 Å². The fourth-order valence-electron chi connectivity index (χ4n) is 3.00. The predicted molar refractivity (Wildman–Crippen MR) is 77.0 cm³/mol. The molecule has 0 saturated carbocycles. The fourth-order valence-corrected chi connectivity index (χ4v) is 3.00. The highest BCUT2D eigenvalue weighted by Gasteiger charge is 2.35. The van der Waals surface area contributed by atoms with E-state index in [0.717, 1.165) is 32.2 Å². The van der Waals surface area contributed by atoms with Gasteiger partial charge in [0.05, 0.1) is 11.1 Å².